The lowest BCUT2D eigenvalue weighted by Gasteiger charge is -2.26. The van der Waals surface area contributed by atoms with Gasteiger partial charge in [0.05, 0.1) is 18.6 Å². The van der Waals surface area contributed by atoms with Crippen molar-refractivity contribution < 1.29 is 24.2 Å². The number of aliphatic hydroxyl groups excluding tert-OH is 1. The maximum Gasteiger partial charge on any atom is 0.325 e. The molecule has 0 aliphatic heterocycles. The molecule has 5 aromatic rings. The van der Waals surface area contributed by atoms with E-state index in [-0.39, 0.29) is 17.9 Å². The molecule has 0 bridgehead atoms. The lowest BCUT2D eigenvalue weighted by atomic mass is 9.95. The molecule has 9 nitrogen and oxygen atoms in total. The summed E-state index contributed by atoms with van der Waals surface area (Å²) in [5.41, 5.74) is 4.27. The molecule has 0 saturated heterocycles. The molecular formula is C45H54N4O5S. The number of methoxy groups -OCH3 is 1. The SMILES string of the molecule is CCCCCCCOc1ccc(-c2cnc(-c3ccc(C[C@@H](CNC(C(=O)OC)C(O)c4ccccc4)NC(=O)c4ccc(C(C)(C)C)s4)cc3)nc2)cc1. The molecule has 10 heteroatoms. The summed E-state index contributed by atoms with van der Waals surface area (Å²) < 4.78 is 11.0. The molecule has 55 heavy (non-hydrogen) atoms. The van der Waals surface area contributed by atoms with Crippen LogP contribution in [0.5, 0.6) is 5.75 Å². The smallest absolute Gasteiger partial charge is 0.325 e. The molecule has 0 saturated carbocycles. The fourth-order valence-electron chi connectivity index (χ4n) is 6.20. The number of benzene rings is 3. The number of ether oxygens (including phenoxy) is 2. The molecule has 0 aliphatic carbocycles. The van der Waals surface area contributed by atoms with Crippen molar-refractivity contribution >= 4 is 23.2 Å². The van der Waals surface area contributed by atoms with E-state index in [1.54, 1.807) is 24.3 Å². The second-order valence-corrected chi connectivity index (χ2v) is 15.9. The third kappa shape index (κ3) is 12.0. The highest BCUT2D eigenvalue weighted by Gasteiger charge is 2.30. The van der Waals surface area contributed by atoms with Crippen LogP contribution in [0.25, 0.3) is 22.5 Å². The Balaban J connectivity index is 1.25. The van der Waals surface area contributed by atoms with Crippen LogP contribution < -0.4 is 15.4 Å². The van der Waals surface area contributed by atoms with Gasteiger partial charge in [-0.1, -0.05) is 120 Å². The van der Waals surface area contributed by atoms with Crippen molar-refractivity contribution in [3.8, 4) is 28.3 Å². The minimum Gasteiger partial charge on any atom is -0.494 e. The van der Waals surface area contributed by atoms with E-state index in [0.29, 0.717) is 22.7 Å². The van der Waals surface area contributed by atoms with Crippen LogP contribution in [0, 0.1) is 0 Å². The van der Waals surface area contributed by atoms with E-state index in [4.69, 9.17) is 9.47 Å². The van der Waals surface area contributed by atoms with Gasteiger partial charge in [-0.05, 0) is 59.2 Å². The van der Waals surface area contributed by atoms with Crippen molar-refractivity contribution in [1.82, 2.24) is 20.6 Å². The van der Waals surface area contributed by atoms with Crippen molar-refractivity contribution in [3.05, 3.63) is 124 Å². The van der Waals surface area contributed by atoms with Crippen LogP contribution >= 0.6 is 11.3 Å². The molecule has 2 heterocycles. The van der Waals surface area contributed by atoms with Crippen LogP contribution in [0.3, 0.4) is 0 Å². The molecule has 2 unspecified atom stereocenters. The van der Waals surface area contributed by atoms with E-state index in [1.165, 1.54) is 44.1 Å². The normalized spacial score (nSPS) is 13.1. The number of carbonyl (C=O) groups excluding carboxylic acids is 2. The van der Waals surface area contributed by atoms with Crippen molar-refractivity contribution in [2.45, 2.75) is 89.8 Å². The number of thiophene rings is 1. The Morgan fingerprint density at radius 1 is 0.818 bits per heavy atom. The molecule has 3 N–H and O–H groups in total. The summed E-state index contributed by atoms with van der Waals surface area (Å²) in [4.78, 5) is 37.4. The van der Waals surface area contributed by atoms with Crippen LogP contribution in [0.1, 0.15) is 91.6 Å². The third-order valence-electron chi connectivity index (χ3n) is 9.45. The monoisotopic (exact) mass is 762 g/mol. The highest BCUT2D eigenvalue weighted by molar-refractivity contribution is 7.14. The Labute approximate surface area is 329 Å². The lowest BCUT2D eigenvalue weighted by Crippen LogP contribution is -2.50. The van der Waals surface area contributed by atoms with Gasteiger partial charge >= 0.3 is 5.97 Å². The standard InChI is InChI=1S/C45H54N4O5S/c1-6-7-8-9-13-26-54-37-22-20-32(21-23-37)35-28-47-42(48-29-35)34-18-16-31(17-19-34)27-36(49-43(51)38-24-25-39(55-38)45(2,3)4)30-46-40(44(52)53-5)41(50)33-14-11-10-12-15-33/h10-12,14-25,28-29,36,40-41,46,50H,6-9,13,26-27,30H2,1-5H3,(H,49,51)/t36-,40?,41?/m0/s1. The van der Waals surface area contributed by atoms with Gasteiger partial charge in [0.25, 0.3) is 5.91 Å². The molecule has 0 fully saturated rings. The van der Waals surface area contributed by atoms with Crippen molar-refractivity contribution in [1.29, 1.82) is 0 Å². The van der Waals surface area contributed by atoms with Crippen LogP contribution in [-0.2, 0) is 21.4 Å². The van der Waals surface area contributed by atoms with Gasteiger partial charge in [-0.25, -0.2) is 9.97 Å². The van der Waals surface area contributed by atoms with Crippen molar-refractivity contribution in [2.24, 2.45) is 0 Å². The Bertz CT molecular complexity index is 1920. The molecule has 0 radical (unpaired) electrons. The summed E-state index contributed by atoms with van der Waals surface area (Å²) >= 11 is 1.47. The number of nitrogens with zero attached hydrogens (tertiary/aromatic N) is 2. The van der Waals surface area contributed by atoms with E-state index in [9.17, 15) is 14.7 Å². The molecule has 3 atom stereocenters. The number of carbonyl (C=O) groups is 2. The fraction of sp³-hybridized carbons (Fsp3) is 0.378. The predicted molar refractivity (Wildman–Crippen MR) is 220 cm³/mol. The first-order valence-electron chi connectivity index (χ1n) is 19.2. The van der Waals surface area contributed by atoms with Gasteiger partial charge in [0.15, 0.2) is 5.82 Å². The molecule has 3 aromatic carbocycles. The van der Waals surface area contributed by atoms with E-state index >= 15 is 0 Å². The highest BCUT2D eigenvalue weighted by Crippen LogP contribution is 2.30. The van der Waals surface area contributed by atoms with Crippen LogP contribution in [0.4, 0.5) is 0 Å². The number of hydrogen-bond donors (Lipinski definition) is 3. The van der Waals surface area contributed by atoms with Gasteiger partial charge in [0.1, 0.15) is 17.9 Å². The molecule has 5 rings (SSSR count). The Hall–Kier alpha value is -4.90. The van der Waals surface area contributed by atoms with Crippen molar-refractivity contribution in [3.63, 3.8) is 0 Å². The van der Waals surface area contributed by atoms with Gasteiger partial charge < -0.3 is 19.9 Å². The Morgan fingerprint density at radius 2 is 1.49 bits per heavy atom. The van der Waals surface area contributed by atoms with Gasteiger partial charge in [-0.3, -0.25) is 14.9 Å². The van der Waals surface area contributed by atoms with E-state index in [2.05, 4.69) is 48.3 Å². The Morgan fingerprint density at radius 3 is 2.13 bits per heavy atom. The minimum atomic E-state index is -1.15. The maximum absolute atomic E-state index is 13.6. The largest absolute Gasteiger partial charge is 0.494 e. The number of rotatable bonds is 19. The minimum absolute atomic E-state index is 0.0784. The van der Waals surface area contributed by atoms with Crippen LogP contribution in [0.2, 0.25) is 0 Å². The molecule has 0 spiro atoms. The van der Waals surface area contributed by atoms with E-state index in [0.717, 1.165) is 45.9 Å². The summed E-state index contributed by atoms with van der Waals surface area (Å²) in [6.45, 7) is 9.50. The molecule has 0 aliphatic rings. The maximum atomic E-state index is 13.6. The first-order valence-corrected chi connectivity index (χ1v) is 20.0. The number of esters is 1. The number of unbranched alkanes of at least 4 members (excludes halogenated alkanes) is 4. The predicted octanol–water partition coefficient (Wildman–Crippen LogP) is 8.72. The average Bonchev–Trinajstić information content (AvgIpc) is 3.72. The molecule has 290 valence electrons. The zero-order valence-corrected chi connectivity index (χ0v) is 33.4. The first kappa shape index (κ1) is 41.3. The van der Waals surface area contributed by atoms with Gasteiger partial charge in [0, 0.05) is 41.0 Å². The second-order valence-electron chi connectivity index (χ2n) is 14.8. The summed E-state index contributed by atoms with van der Waals surface area (Å²) in [7, 11) is 1.29. The van der Waals surface area contributed by atoms with E-state index < -0.39 is 24.2 Å². The summed E-state index contributed by atoms with van der Waals surface area (Å²) in [5, 5.41) is 17.5. The molecule has 2 aromatic heterocycles. The van der Waals surface area contributed by atoms with Crippen LogP contribution in [-0.4, -0.2) is 59.3 Å². The van der Waals surface area contributed by atoms with Gasteiger partial charge in [-0.15, -0.1) is 11.3 Å². The van der Waals surface area contributed by atoms with Gasteiger partial charge in [0.2, 0.25) is 0 Å². The first-order chi connectivity index (χ1) is 26.5. The number of amides is 1. The number of hydrogen-bond acceptors (Lipinski definition) is 9. The van der Waals surface area contributed by atoms with Crippen LogP contribution in [0.15, 0.2) is 103 Å². The summed E-state index contributed by atoms with van der Waals surface area (Å²) in [5.74, 6) is 0.673. The summed E-state index contributed by atoms with van der Waals surface area (Å²) in [6.07, 6.45) is 9.01. The average molecular weight is 763 g/mol. The highest BCUT2D eigenvalue weighted by atomic mass is 32.1. The molecule has 1 amide bonds. The number of aromatic nitrogens is 2. The quantitative estimate of drug-likeness (QED) is 0.0564. The summed E-state index contributed by atoms with van der Waals surface area (Å²) in [6, 6.07) is 27.3. The third-order valence-corrected chi connectivity index (χ3v) is 11.0. The lowest BCUT2D eigenvalue weighted by molar-refractivity contribution is -0.146. The zero-order valence-electron chi connectivity index (χ0n) is 32.6. The number of nitrogens with one attached hydrogen (secondary N) is 2. The fourth-order valence-corrected chi connectivity index (χ4v) is 7.16. The second kappa shape index (κ2) is 20.1. The zero-order chi connectivity index (χ0) is 39.2. The molecular weight excluding hydrogens is 709 g/mol. The topological polar surface area (TPSA) is 123 Å². The van der Waals surface area contributed by atoms with E-state index in [1.807, 2.05) is 79.1 Å². The Kier molecular flexibility index (Phi) is 15.1. The number of aliphatic hydroxyl groups is 1. The van der Waals surface area contributed by atoms with Gasteiger partial charge in [-0.2, -0.15) is 0 Å². The van der Waals surface area contributed by atoms with Crippen molar-refractivity contribution in [2.75, 3.05) is 20.3 Å².